The zero-order valence-electron chi connectivity index (χ0n) is 74.8. The number of hydrogen-bond donors (Lipinski definition) is 0. The van der Waals surface area contributed by atoms with Gasteiger partial charge in [-0.25, -0.2) is 0 Å². The van der Waals surface area contributed by atoms with E-state index >= 15 is 0 Å². The Morgan fingerprint density at radius 1 is 0.189 bits per heavy atom. The lowest BCUT2D eigenvalue weighted by Gasteiger charge is -2.46. The van der Waals surface area contributed by atoms with E-state index < -0.39 is 363 Å². The van der Waals surface area contributed by atoms with E-state index in [0.29, 0.717) is 64.2 Å². The van der Waals surface area contributed by atoms with Crippen LogP contribution in [-0.4, -0.2) is 191 Å². The smallest absolute Gasteiger partial charge is 0.321 e. The van der Waals surface area contributed by atoms with Crippen LogP contribution in [0.1, 0.15) is 117 Å². The maximum atomic E-state index is 11.8. The zero-order valence-corrected chi connectivity index (χ0v) is 74.8. The summed E-state index contributed by atoms with van der Waals surface area (Å²) in [6, 6.07) is 0. The van der Waals surface area contributed by atoms with Crippen molar-refractivity contribution < 1.29 is 229 Å². The molecule has 11 saturated carbocycles. The summed E-state index contributed by atoms with van der Waals surface area (Å²) in [5.74, 6) is -34.6. The molecule has 750 valence electrons. The van der Waals surface area contributed by atoms with E-state index in [4.69, 9.17) is 0 Å². The van der Waals surface area contributed by atoms with Gasteiger partial charge in [-0.15, -0.1) is 0 Å². The number of carbonyl (C=O) groups excluding carboxylic acids is 32. The van der Waals surface area contributed by atoms with Gasteiger partial charge < -0.3 is 75.8 Å². The minimum absolute atomic E-state index is 0.0220. The molecule has 0 aromatic heterocycles. The summed E-state index contributed by atoms with van der Waals surface area (Å²) in [6.45, 7) is 3.62. The lowest BCUT2D eigenvalue weighted by atomic mass is 9.51. The summed E-state index contributed by atoms with van der Waals surface area (Å²) in [4.78, 5) is 369. The van der Waals surface area contributed by atoms with Gasteiger partial charge in [-0.05, 0) is 149 Å². The number of fused-ring (bicyclic) bond motifs is 22. The van der Waals surface area contributed by atoms with E-state index in [0.717, 1.165) is 5.57 Å². The summed E-state index contributed by atoms with van der Waals surface area (Å²) in [5.41, 5.74) is 0.726. The molecule has 30 rings (SSSR count). The minimum atomic E-state index is -0.632. The molecule has 143 heavy (non-hydrogen) atoms. The van der Waals surface area contributed by atoms with Gasteiger partial charge in [0.1, 0.15) is 0 Å². The number of rotatable bonds is 3. The maximum Gasteiger partial charge on any atom is 0.321 e. The highest BCUT2D eigenvalue weighted by Crippen LogP contribution is 2.67. The zero-order chi connectivity index (χ0) is 101. The molecular weight excluding hydrogens is 1910 g/mol. The van der Waals surface area contributed by atoms with Gasteiger partial charge in [-0.2, -0.15) is 0 Å². The Morgan fingerprint density at radius 3 is 0.860 bits per heavy atom. The van der Waals surface area contributed by atoms with Crippen molar-refractivity contribution in [3.05, 3.63) is 23.8 Å². The second kappa shape index (κ2) is 34.8. The molecule has 8 bridgehead atoms. The molecule has 0 N–H and O–H groups in total. The fraction of sp³-hybridized carbons (Fsp3) is 0.621. The number of ether oxygens (including phenoxy) is 16. The highest BCUT2D eigenvalue weighted by molar-refractivity contribution is 6.09. The molecule has 27 fully saturated rings. The van der Waals surface area contributed by atoms with Crippen molar-refractivity contribution in [3.8, 4) is 0 Å². The van der Waals surface area contributed by atoms with Gasteiger partial charge >= 0.3 is 191 Å². The van der Waals surface area contributed by atoms with Crippen molar-refractivity contribution in [2.75, 3.05) is 0 Å². The lowest BCUT2D eigenvalue weighted by molar-refractivity contribution is -0.175. The summed E-state index contributed by atoms with van der Waals surface area (Å²) < 4.78 is 73.7. The number of carbonyl (C=O) groups is 32. The van der Waals surface area contributed by atoms with E-state index in [1.54, 1.807) is 25.2 Å². The molecule has 0 aromatic carbocycles. The average Bonchev–Trinajstić information content (AvgIpc) is 1.54. The van der Waals surface area contributed by atoms with Crippen LogP contribution in [0.25, 0.3) is 0 Å². The first-order valence-corrected chi connectivity index (χ1v) is 47.3. The van der Waals surface area contributed by atoms with E-state index in [-0.39, 0.29) is 110 Å². The molecule has 14 aliphatic carbocycles. The fourth-order valence-corrected chi connectivity index (χ4v) is 29.6. The molecule has 0 amide bonds. The summed E-state index contributed by atoms with van der Waals surface area (Å²) in [7, 11) is 0. The van der Waals surface area contributed by atoms with Crippen molar-refractivity contribution >= 4 is 191 Å². The van der Waals surface area contributed by atoms with Crippen molar-refractivity contribution in [2.24, 2.45) is 243 Å². The normalized spacial score (nSPS) is 44.6. The van der Waals surface area contributed by atoms with E-state index in [2.05, 4.69) is 75.8 Å². The van der Waals surface area contributed by atoms with Gasteiger partial charge in [-0.3, -0.25) is 153 Å². The highest BCUT2D eigenvalue weighted by Gasteiger charge is 2.76. The standard InChI is InChI=1S/C13H14O6.C13H12O6.2C12H10O6.C12H8O6.C12H12O6.C11H8O6.C10H8O6/c2*1-5-2-6(7-4-9(14)18-11(7)15)3-8-10(5)13(17)19-12(8)16;13-6-2-4-3-1-5(7(4)10(14)17-6)9-8(3)11(15)18-12(9)16;2*13-9-5-3-1-2-4(7(5)11(15)17-9)8-6(3)10(14)18-12(8)16;13-9-4-7(11(15)17-9)5-1-2-6-8(3-5)12(16)18-10(6)14;12-8-4-2-1-3(6(4)10(14)16-8)7-5(2)9(13)17-11(7)15;11-7-3-1-4-6(10(14)16-8(4)12)2-5(3)9(13)15-7/h5-8,10H,2-4H2,1H3;2,6-8,10H,3-4H2,1H3;3-5,7-9H,1-2H2;3-8H,1-2H2;1-8H;5-8H,1-4H2;2-7H,1H2;3-6H,1-2H2. The Kier molecular flexibility index (Phi) is 23.1. The van der Waals surface area contributed by atoms with Crippen molar-refractivity contribution in [3.63, 3.8) is 0 Å². The summed E-state index contributed by atoms with van der Waals surface area (Å²) >= 11 is 0. The molecular formula is C95H82O48. The van der Waals surface area contributed by atoms with Crippen LogP contribution in [0.2, 0.25) is 0 Å². The predicted octanol–water partition coefficient (Wildman–Crippen LogP) is -1.58. The third-order valence-corrected chi connectivity index (χ3v) is 35.4. The summed E-state index contributed by atoms with van der Waals surface area (Å²) in [6.07, 6.45) is 11.6. The Bertz CT molecular complexity index is 5770. The van der Waals surface area contributed by atoms with Crippen molar-refractivity contribution in [1.29, 1.82) is 0 Å². The minimum Gasteiger partial charge on any atom is -0.393 e. The van der Waals surface area contributed by atoms with Crippen LogP contribution in [-0.2, 0) is 229 Å². The fourth-order valence-electron chi connectivity index (χ4n) is 29.6. The quantitative estimate of drug-likeness (QED) is 0.133. The van der Waals surface area contributed by atoms with Crippen molar-refractivity contribution in [2.45, 2.75) is 117 Å². The van der Waals surface area contributed by atoms with Crippen LogP contribution in [0, 0.1) is 243 Å². The van der Waals surface area contributed by atoms with Gasteiger partial charge in [0.05, 0.1) is 185 Å². The lowest BCUT2D eigenvalue weighted by Crippen LogP contribution is -2.53. The SMILES string of the molecule is CC1=CC(C2CC(=O)OC2=O)CC2C(=O)OC(=O)C12.CC1CC(C2CC(=O)OC2=O)CC2C(=O)OC(=O)C12.O=C1CC(C2CCC3C(=O)OC(=O)C3C2)C(=O)O1.O=C1CC2C3CC(C2C(=O)O1)C1C(=O)OC(=O)C31.O=C1OC(=O)C2C3C=CC(C12)C1C(=O)OC(=O)C31.O=C1OC(=O)C2C3CC(C12)C1C(=O)OC(=O)C31.O=C1OC(=O)C2C3CCC(C12)C1C(=O)OC(=O)C31.O=C1OC(=O)C2CC3C(=O)OC(=O)C3CC12. The number of hydrogen-bond acceptors (Lipinski definition) is 48. The highest BCUT2D eigenvalue weighted by atomic mass is 16.7. The largest absolute Gasteiger partial charge is 0.393 e. The van der Waals surface area contributed by atoms with E-state index in [1.165, 1.54) is 0 Å². The van der Waals surface area contributed by atoms with Gasteiger partial charge in [0, 0.05) is 18.3 Å². The van der Waals surface area contributed by atoms with Gasteiger partial charge in [0.2, 0.25) is 0 Å². The molecule has 48 heteroatoms. The third kappa shape index (κ3) is 15.2. The van der Waals surface area contributed by atoms with Crippen LogP contribution in [0.3, 0.4) is 0 Å². The molecule has 30 aliphatic rings. The Hall–Kier alpha value is -14.3. The molecule has 16 saturated heterocycles. The second-order valence-electron chi connectivity index (χ2n) is 41.7. The van der Waals surface area contributed by atoms with E-state index in [1.807, 2.05) is 6.92 Å². The molecule has 0 aromatic rings. The number of allylic oxidation sites excluding steroid dienone is 3. The molecule has 16 heterocycles. The molecule has 35 atom stereocenters. The van der Waals surface area contributed by atoms with Crippen LogP contribution in [0.5, 0.6) is 0 Å². The summed E-state index contributed by atoms with van der Waals surface area (Å²) in [5, 5.41) is 0. The van der Waals surface area contributed by atoms with Crippen LogP contribution in [0.15, 0.2) is 23.8 Å². The Morgan fingerprint density at radius 2 is 0.462 bits per heavy atom. The number of esters is 32. The second-order valence-corrected chi connectivity index (χ2v) is 41.7. The monoisotopic (exact) mass is 1990 g/mol. The molecule has 0 spiro atoms. The molecule has 48 nitrogen and oxygen atoms in total. The predicted molar refractivity (Wildman–Crippen MR) is 423 cm³/mol. The van der Waals surface area contributed by atoms with Crippen LogP contribution >= 0.6 is 0 Å². The first-order valence-electron chi connectivity index (χ1n) is 47.3. The van der Waals surface area contributed by atoms with Gasteiger partial charge in [-0.1, -0.05) is 30.7 Å². The average molecular weight is 1990 g/mol. The van der Waals surface area contributed by atoms with Gasteiger partial charge in [0.15, 0.2) is 0 Å². The molecule has 16 aliphatic heterocycles. The molecule has 0 radical (unpaired) electrons. The van der Waals surface area contributed by atoms with Crippen molar-refractivity contribution in [1.82, 2.24) is 0 Å². The molecule has 35 unspecified atom stereocenters. The Labute approximate surface area is 800 Å². The van der Waals surface area contributed by atoms with Gasteiger partial charge in [0.25, 0.3) is 0 Å². The Balaban J connectivity index is 0.0000000966. The van der Waals surface area contributed by atoms with E-state index in [9.17, 15) is 153 Å². The van der Waals surface area contributed by atoms with Crippen LogP contribution < -0.4 is 0 Å². The topological polar surface area (TPSA) is 694 Å². The first kappa shape index (κ1) is 94.9. The first-order chi connectivity index (χ1) is 67.9. The number of cyclic esters (lactones) is 32. The maximum absolute atomic E-state index is 11.8. The van der Waals surface area contributed by atoms with Crippen LogP contribution in [0.4, 0.5) is 0 Å². The third-order valence-electron chi connectivity index (χ3n) is 35.4.